The maximum atomic E-state index is 12.7. The van der Waals surface area contributed by atoms with Crippen LogP contribution in [0.2, 0.25) is 0 Å². The van der Waals surface area contributed by atoms with Crippen molar-refractivity contribution in [2.75, 3.05) is 32.8 Å². The summed E-state index contributed by atoms with van der Waals surface area (Å²) in [5.41, 5.74) is 3.69. The molecular formula is C29H35N3O7. The molecule has 2 N–H and O–H groups in total. The molecule has 1 aliphatic heterocycles. The quantitative estimate of drug-likeness (QED) is 0.550. The zero-order valence-corrected chi connectivity index (χ0v) is 22.5. The Morgan fingerprint density at radius 3 is 2.00 bits per heavy atom. The Kier molecular flexibility index (Phi) is 8.42. The lowest BCUT2D eigenvalue weighted by molar-refractivity contribution is -0.140. The zero-order chi connectivity index (χ0) is 28.2. The predicted octanol–water partition coefficient (Wildman–Crippen LogP) is 3.84. The summed E-state index contributed by atoms with van der Waals surface area (Å²) >= 11 is 0. The second kappa shape index (κ2) is 11.8. The molecule has 0 spiro atoms. The van der Waals surface area contributed by atoms with E-state index in [4.69, 9.17) is 9.47 Å². The number of alkyl carbamates (subject to hydrolysis) is 1. The summed E-state index contributed by atoms with van der Waals surface area (Å²) in [6.45, 7) is 6.76. The summed E-state index contributed by atoms with van der Waals surface area (Å²) in [7, 11) is 0. The number of benzene rings is 2. The average molecular weight is 538 g/mol. The first kappa shape index (κ1) is 27.9. The van der Waals surface area contributed by atoms with Gasteiger partial charge in [-0.15, -0.1) is 0 Å². The summed E-state index contributed by atoms with van der Waals surface area (Å²) in [5.74, 6) is -1.63. The maximum absolute atomic E-state index is 12.7. The Morgan fingerprint density at radius 1 is 0.923 bits per heavy atom. The standard InChI is InChI=1S/C29H35N3O7/c1-29(2,3)39-28(37)32-16-14-31(15-17-32)25(33)13-12-24(26(34)35)30-27(36)38-18-23-21-10-6-4-8-19(21)20-9-5-7-11-22(20)23/h4-11,23-24H,12-18H2,1-3H3,(H,30,36)(H,34,35)/t24-/m0/s1. The number of carbonyl (C=O) groups excluding carboxylic acids is 3. The van der Waals surface area contributed by atoms with E-state index in [0.29, 0.717) is 26.2 Å². The van der Waals surface area contributed by atoms with Gasteiger partial charge in [0, 0.05) is 38.5 Å². The molecule has 208 valence electrons. The second-order valence-electron chi connectivity index (χ2n) is 10.7. The summed E-state index contributed by atoms with van der Waals surface area (Å²) in [6.07, 6.45) is -1.41. The van der Waals surface area contributed by atoms with E-state index in [9.17, 15) is 24.3 Å². The molecule has 1 fully saturated rings. The number of nitrogens with zero attached hydrogens (tertiary/aromatic N) is 2. The molecule has 1 heterocycles. The minimum atomic E-state index is -1.27. The van der Waals surface area contributed by atoms with Crippen LogP contribution in [0.15, 0.2) is 48.5 Å². The van der Waals surface area contributed by atoms with E-state index in [1.807, 2.05) is 48.5 Å². The van der Waals surface area contributed by atoms with Crippen LogP contribution in [-0.4, -0.2) is 83.4 Å². The number of carboxylic acid groups (broad SMARTS) is 1. The van der Waals surface area contributed by atoms with Gasteiger partial charge in [-0.25, -0.2) is 14.4 Å². The maximum Gasteiger partial charge on any atom is 0.410 e. The summed E-state index contributed by atoms with van der Waals surface area (Å²) in [4.78, 5) is 52.4. The van der Waals surface area contributed by atoms with Crippen molar-refractivity contribution in [3.8, 4) is 11.1 Å². The van der Waals surface area contributed by atoms with Crippen LogP contribution >= 0.6 is 0 Å². The minimum Gasteiger partial charge on any atom is -0.480 e. The molecule has 0 radical (unpaired) electrons. The van der Waals surface area contributed by atoms with E-state index in [1.54, 1.807) is 30.6 Å². The molecule has 2 aromatic carbocycles. The Labute approximate surface area is 227 Å². The molecule has 0 saturated carbocycles. The molecule has 10 nitrogen and oxygen atoms in total. The van der Waals surface area contributed by atoms with Crippen molar-refractivity contribution in [1.29, 1.82) is 0 Å². The van der Waals surface area contributed by atoms with Crippen molar-refractivity contribution in [2.24, 2.45) is 0 Å². The first-order valence-corrected chi connectivity index (χ1v) is 13.1. The Hall–Kier alpha value is -4.08. The van der Waals surface area contributed by atoms with E-state index < -0.39 is 29.8 Å². The van der Waals surface area contributed by atoms with E-state index in [-0.39, 0.29) is 31.3 Å². The normalized spacial score (nSPS) is 15.7. The fraction of sp³-hybridized carbons (Fsp3) is 0.448. The average Bonchev–Trinajstić information content (AvgIpc) is 3.22. The lowest BCUT2D eigenvalue weighted by Gasteiger charge is -2.35. The fourth-order valence-electron chi connectivity index (χ4n) is 4.93. The number of rotatable bonds is 7. The number of piperazine rings is 1. The molecule has 2 aromatic rings. The van der Waals surface area contributed by atoms with Gasteiger partial charge in [0.1, 0.15) is 18.2 Å². The van der Waals surface area contributed by atoms with E-state index >= 15 is 0 Å². The second-order valence-corrected chi connectivity index (χ2v) is 10.7. The number of ether oxygens (including phenoxy) is 2. The van der Waals surface area contributed by atoms with Gasteiger partial charge in [-0.3, -0.25) is 4.79 Å². The van der Waals surface area contributed by atoms with Gasteiger partial charge in [-0.05, 0) is 49.4 Å². The van der Waals surface area contributed by atoms with Gasteiger partial charge in [0.15, 0.2) is 0 Å². The molecule has 4 rings (SSSR count). The van der Waals surface area contributed by atoms with E-state index in [2.05, 4.69) is 5.32 Å². The predicted molar refractivity (Wildman–Crippen MR) is 143 cm³/mol. The van der Waals surface area contributed by atoms with Crippen molar-refractivity contribution >= 4 is 24.1 Å². The van der Waals surface area contributed by atoms with Crippen molar-refractivity contribution in [3.63, 3.8) is 0 Å². The van der Waals surface area contributed by atoms with Gasteiger partial charge in [0.2, 0.25) is 5.91 Å². The number of nitrogens with one attached hydrogen (secondary N) is 1. The largest absolute Gasteiger partial charge is 0.480 e. The monoisotopic (exact) mass is 537 g/mol. The van der Waals surface area contributed by atoms with Crippen LogP contribution in [0.25, 0.3) is 11.1 Å². The Bertz CT molecular complexity index is 1190. The van der Waals surface area contributed by atoms with Crippen LogP contribution in [0.1, 0.15) is 50.7 Å². The number of aliphatic carboxylic acids is 1. The zero-order valence-electron chi connectivity index (χ0n) is 22.5. The highest BCUT2D eigenvalue weighted by Gasteiger charge is 2.31. The smallest absolute Gasteiger partial charge is 0.410 e. The lowest BCUT2D eigenvalue weighted by Crippen LogP contribution is -2.52. The molecule has 39 heavy (non-hydrogen) atoms. The summed E-state index contributed by atoms with van der Waals surface area (Å²) < 4.78 is 10.8. The van der Waals surface area contributed by atoms with Crippen LogP contribution in [-0.2, 0) is 19.1 Å². The van der Waals surface area contributed by atoms with Crippen LogP contribution in [0.4, 0.5) is 9.59 Å². The molecule has 0 unspecified atom stereocenters. The number of hydrogen-bond acceptors (Lipinski definition) is 6. The Balaban J connectivity index is 1.25. The molecule has 3 amide bonds. The van der Waals surface area contributed by atoms with Crippen LogP contribution in [0, 0.1) is 0 Å². The van der Waals surface area contributed by atoms with Gasteiger partial charge in [0.25, 0.3) is 0 Å². The highest BCUT2D eigenvalue weighted by Crippen LogP contribution is 2.44. The van der Waals surface area contributed by atoms with E-state index in [1.165, 1.54) is 0 Å². The van der Waals surface area contributed by atoms with E-state index in [0.717, 1.165) is 22.3 Å². The fourth-order valence-corrected chi connectivity index (χ4v) is 4.93. The highest BCUT2D eigenvalue weighted by atomic mass is 16.6. The number of amides is 3. The SMILES string of the molecule is CC(C)(C)OC(=O)N1CCN(C(=O)CC[C@H](NC(=O)OCC2c3ccccc3-c3ccccc32)C(=O)O)CC1. The van der Waals surface area contributed by atoms with Crippen molar-refractivity contribution in [3.05, 3.63) is 59.7 Å². The highest BCUT2D eigenvalue weighted by molar-refractivity contribution is 5.82. The van der Waals surface area contributed by atoms with Crippen molar-refractivity contribution < 1.29 is 33.8 Å². The molecular weight excluding hydrogens is 502 g/mol. The third-order valence-electron chi connectivity index (χ3n) is 6.86. The molecule has 0 bridgehead atoms. The molecule has 0 aromatic heterocycles. The third kappa shape index (κ3) is 6.87. The first-order chi connectivity index (χ1) is 18.5. The number of carbonyl (C=O) groups is 4. The summed E-state index contributed by atoms with van der Waals surface area (Å²) in [6, 6.07) is 14.6. The lowest BCUT2D eigenvalue weighted by atomic mass is 9.98. The van der Waals surface area contributed by atoms with Crippen LogP contribution < -0.4 is 5.32 Å². The number of fused-ring (bicyclic) bond motifs is 3. The third-order valence-corrected chi connectivity index (χ3v) is 6.86. The van der Waals surface area contributed by atoms with Gasteiger partial charge in [-0.2, -0.15) is 0 Å². The molecule has 1 atom stereocenters. The van der Waals surface area contributed by atoms with Gasteiger partial charge >= 0.3 is 18.2 Å². The molecule has 10 heteroatoms. The molecule has 1 saturated heterocycles. The van der Waals surface area contributed by atoms with Crippen LogP contribution in [0.3, 0.4) is 0 Å². The Morgan fingerprint density at radius 2 is 1.46 bits per heavy atom. The van der Waals surface area contributed by atoms with Gasteiger partial charge < -0.3 is 29.7 Å². The number of carboxylic acids is 1. The summed E-state index contributed by atoms with van der Waals surface area (Å²) in [5, 5.41) is 12.0. The van der Waals surface area contributed by atoms with Gasteiger partial charge in [0.05, 0.1) is 0 Å². The topological polar surface area (TPSA) is 125 Å². The minimum absolute atomic E-state index is 0.0624. The molecule has 2 aliphatic rings. The van der Waals surface area contributed by atoms with Crippen molar-refractivity contribution in [2.45, 2.75) is 51.2 Å². The van der Waals surface area contributed by atoms with Crippen LogP contribution in [0.5, 0.6) is 0 Å². The molecule has 1 aliphatic carbocycles. The number of hydrogen-bond donors (Lipinski definition) is 2. The first-order valence-electron chi connectivity index (χ1n) is 13.1. The van der Waals surface area contributed by atoms with Gasteiger partial charge in [-0.1, -0.05) is 48.5 Å². The van der Waals surface area contributed by atoms with Crippen molar-refractivity contribution in [1.82, 2.24) is 15.1 Å².